The van der Waals surface area contributed by atoms with Crippen molar-refractivity contribution < 1.29 is 21.9 Å². The van der Waals surface area contributed by atoms with E-state index in [1.165, 1.54) is 0 Å². The van der Waals surface area contributed by atoms with Crippen molar-refractivity contribution in [2.75, 3.05) is 18.6 Å². The minimum atomic E-state index is -4.26. The maximum absolute atomic E-state index is 13.5. The fourth-order valence-corrected chi connectivity index (χ4v) is 2.62. The summed E-state index contributed by atoms with van der Waals surface area (Å²) in [6.45, 7) is 0.128. The number of rotatable bonds is 6. The van der Waals surface area contributed by atoms with E-state index in [-0.39, 0.29) is 6.61 Å². The molecule has 0 N–H and O–H groups in total. The van der Waals surface area contributed by atoms with Gasteiger partial charge in [0.15, 0.2) is 11.6 Å². The fraction of sp³-hybridized carbons (Fsp3) is 0.400. The lowest BCUT2D eigenvalue weighted by atomic mass is 10.3. The molecule has 0 aliphatic rings. The summed E-state index contributed by atoms with van der Waals surface area (Å²) in [6.07, 6.45) is 2.51. The second-order valence-electron chi connectivity index (χ2n) is 3.35. The average Bonchev–Trinajstić information content (AvgIpc) is 2.24. The highest BCUT2D eigenvalue weighted by atomic mass is 35.7. The molecule has 0 radical (unpaired) electrons. The number of hydrogen-bond donors (Lipinski definition) is 0. The number of ether oxygens (including phenoxy) is 1. The molecule has 0 saturated heterocycles. The topological polar surface area (TPSA) is 43.4 Å². The summed E-state index contributed by atoms with van der Waals surface area (Å²) in [7, 11) is 0.843. The fourth-order valence-electron chi connectivity index (χ4n) is 1.24. The standard InChI is InChI=1S/C10H11ClF2O3S2/c1-17-4-2-3-16-10-8(13)5-7(12)6-9(10)18(11,14)15/h5-6H,2-4H2,1H3. The van der Waals surface area contributed by atoms with Gasteiger partial charge in [-0.15, -0.1) is 0 Å². The van der Waals surface area contributed by atoms with Crippen molar-refractivity contribution in [3.05, 3.63) is 23.8 Å². The van der Waals surface area contributed by atoms with Crippen molar-refractivity contribution >= 4 is 31.5 Å². The molecular formula is C10H11ClF2O3S2. The Hall–Kier alpha value is -0.530. The van der Waals surface area contributed by atoms with Gasteiger partial charge in [0, 0.05) is 16.7 Å². The van der Waals surface area contributed by atoms with Gasteiger partial charge in [0.05, 0.1) is 6.61 Å². The summed E-state index contributed by atoms with van der Waals surface area (Å²) >= 11 is 1.58. The summed E-state index contributed by atoms with van der Waals surface area (Å²) in [6, 6.07) is 1.19. The molecule has 102 valence electrons. The van der Waals surface area contributed by atoms with E-state index in [2.05, 4.69) is 0 Å². The second kappa shape index (κ2) is 6.58. The molecular weight excluding hydrogens is 306 g/mol. The van der Waals surface area contributed by atoms with Crippen LogP contribution in [0.25, 0.3) is 0 Å². The third-order valence-corrected chi connectivity index (χ3v) is 4.00. The molecule has 0 atom stereocenters. The highest BCUT2D eigenvalue weighted by Crippen LogP contribution is 2.31. The summed E-state index contributed by atoms with van der Waals surface area (Å²) in [5.41, 5.74) is 0. The number of benzene rings is 1. The molecule has 0 aliphatic carbocycles. The zero-order valence-electron chi connectivity index (χ0n) is 9.45. The van der Waals surface area contributed by atoms with Gasteiger partial charge in [-0.2, -0.15) is 11.8 Å². The average molecular weight is 317 g/mol. The van der Waals surface area contributed by atoms with E-state index in [1.54, 1.807) is 11.8 Å². The second-order valence-corrected chi connectivity index (χ2v) is 6.87. The Bertz CT molecular complexity index is 520. The first kappa shape index (κ1) is 15.5. The minimum absolute atomic E-state index is 0.128. The number of thioether (sulfide) groups is 1. The summed E-state index contributed by atoms with van der Waals surface area (Å²) in [5, 5.41) is 0. The Morgan fingerprint density at radius 1 is 1.39 bits per heavy atom. The molecule has 3 nitrogen and oxygen atoms in total. The van der Waals surface area contributed by atoms with Crippen LogP contribution in [-0.4, -0.2) is 27.0 Å². The molecule has 0 aromatic heterocycles. The van der Waals surface area contributed by atoms with Crippen LogP contribution >= 0.6 is 22.4 Å². The van der Waals surface area contributed by atoms with Gasteiger partial charge in [-0.3, -0.25) is 0 Å². The first-order valence-electron chi connectivity index (χ1n) is 4.91. The summed E-state index contributed by atoms with van der Waals surface area (Å²) in [5.74, 6) is -1.86. The monoisotopic (exact) mass is 316 g/mol. The van der Waals surface area contributed by atoms with Gasteiger partial charge in [-0.05, 0) is 24.5 Å². The van der Waals surface area contributed by atoms with Gasteiger partial charge in [0.25, 0.3) is 9.05 Å². The van der Waals surface area contributed by atoms with E-state index in [1.807, 2.05) is 6.26 Å². The molecule has 0 heterocycles. The maximum Gasteiger partial charge on any atom is 0.265 e. The predicted octanol–water partition coefficient (Wildman–Crippen LogP) is 3.02. The zero-order chi connectivity index (χ0) is 13.8. The Morgan fingerprint density at radius 3 is 2.61 bits per heavy atom. The van der Waals surface area contributed by atoms with E-state index in [4.69, 9.17) is 15.4 Å². The van der Waals surface area contributed by atoms with Crippen LogP contribution in [-0.2, 0) is 9.05 Å². The van der Waals surface area contributed by atoms with E-state index < -0.39 is 31.3 Å². The number of hydrogen-bond acceptors (Lipinski definition) is 4. The van der Waals surface area contributed by atoms with Crippen molar-refractivity contribution in [1.82, 2.24) is 0 Å². The normalized spacial score (nSPS) is 11.6. The number of halogens is 3. The molecule has 0 unspecified atom stereocenters. The van der Waals surface area contributed by atoms with Crippen LogP contribution in [0, 0.1) is 11.6 Å². The molecule has 0 saturated carbocycles. The highest BCUT2D eigenvalue weighted by Gasteiger charge is 2.22. The molecule has 1 rings (SSSR count). The van der Waals surface area contributed by atoms with Crippen molar-refractivity contribution in [2.24, 2.45) is 0 Å². The van der Waals surface area contributed by atoms with Crippen LogP contribution in [0.5, 0.6) is 5.75 Å². The van der Waals surface area contributed by atoms with E-state index in [0.717, 1.165) is 5.75 Å². The van der Waals surface area contributed by atoms with Crippen LogP contribution < -0.4 is 4.74 Å². The molecule has 0 aliphatic heterocycles. The largest absolute Gasteiger partial charge is 0.489 e. The summed E-state index contributed by atoms with van der Waals surface area (Å²) in [4.78, 5) is -0.689. The first-order chi connectivity index (χ1) is 8.36. The van der Waals surface area contributed by atoms with Crippen molar-refractivity contribution in [3.8, 4) is 5.75 Å². The lowest BCUT2D eigenvalue weighted by Crippen LogP contribution is -2.05. The van der Waals surface area contributed by atoms with Crippen LogP contribution in [0.2, 0.25) is 0 Å². The smallest absolute Gasteiger partial charge is 0.265 e. The third kappa shape index (κ3) is 4.29. The zero-order valence-corrected chi connectivity index (χ0v) is 11.8. The molecule has 1 aromatic carbocycles. The van der Waals surface area contributed by atoms with Crippen LogP contribution in [0.4, 0.5) is 8.78 Å². The van der Waals surface area contributed by atoms with Crippen molar-refractivity contribution in [2.45, 2.75) is 11.3 Å². The minimum Gasteiger partial charge on any atom is -0.489 e. The third-order valence-electron chi connectivity index (χ3n) is 1.98. The molecule has 0 spiro atoms. The molecule has 0 bridgehead atoms. The van der Waals surface area contributed by atoms with Gasteiger partial charge in [-0.1, -0.05) is 0 Å². The quantitative estimate of drug-likeness (QED) is 0.597. The van der Waals surface area contributed by atoms with Crippen LogP contribution in [0.3, 0.4) is 0 Å². The van der Waals surface area contributed by atoms with E-state index in [9.17, 15) is 17.2 Å². The van der Waals surface area contributed by atoms with Crippen molar-refractivity contribution in [3.63, 3.8) is 0 Å². The summed E-state index contributed by atoms with van der Waals surface area (Å²) < 4.78 is 53.8. The van der Waals surface area contributed by atoms with Gasteiger partial charge in [0.1, 0.15) is 10.7 Å². The lowest BCUT2D eigenvalue weighted by Gasteiger charge is -2.10. The van der Waals surface area contributed by atoms with E-state index in [0.29, 0.717) is 18.6 Å². The Morgan fingerprint density at radius 2 is 2.06 bits per heavy atom. The Labute approximate surface area is 113 Å². The SMILES string of the molecule is CSCCCOc1c(F)cc(F)cc1S(=O)(=O)Cl. The van der Waals surface area contributed by atoms with Crippen molar-refractivity contribution in [1.29, 1.82) is 0 Å². The van der Waals surface area contributed by atoms with Crippen LogP contribution in [0.1, 0.15) is 6.42 Å². The maximum atomic E-state index is 13.5. The highest BCUT2D eigenvalue weighted by molar-refractivity contribution is 8.13. The Balaban J connectivity index is 3.02. The van der Waals surface area contributed by atoms with Gasteiger partial charge in [0.2, 0.25) is 0 Å². The molecule has 18 heavy (non-hydrogen) atoms. The Kier molecular flexibility index (Phi) is 5.68. The molecule has 0 fully saturated rings. The van der Waals surface area contributed by atoms with Gasteiger partial charge in [-0.25, -0.2) is 17.2 Å². The predicted molar refractivity (Wildman–Crippen MR) is 67.9 cm³/mol. The molecule has 8 heteroatoms. The van der Waals surface area contributed by atoms with E-state index >= 15 is 0 Å². The first-order valence-corrected chi connectivity index (χ1v) is 8.62. The lowest BCUT2D eigenvalue weighted by molar-refractivity contribution is 0.292. The van der Waals surface area contributed by atoms with Gasteiger partial charge >= 0.3 is 0 Å². The molecule has 1 aromatic rings. The van der Waals surface area contributed by atoms with Gasteiger partial charge < -0.3 is 4.74 Å². The van der Waals surface area contributed by atoms with Crippen LogP contribution in [0.15, 0.2) is 17.0 Å². The molecule has 0 amide bonds.